The van der Waals surface area contributed by atoms with Crippen molar-refractivity contribution >= 4 is 37.3 Å². The maximum atomic E-state index is 12.0. The third-order valence-electron chi connectivity index (χ3n) is 3.64. The van der Waals surface area contributed by atoms with Gasteiger partial charge in [0.25, 0.3) is 0 Å². The first-order valence-corrected chi connectivity index (χ1v) is 10.6. The molecular formula is C17H26BrN5O2S. The molecule has 144 valence electrons. The van der Waals surface area contributed by atoms with Crippen LogP contribution in [0.3, 0.4) is 0 Å². The molecule has 7 nitrogen and oxygen atoms in total. The third kappa shape index (κ3) is 6.47. The fourth-order valence-electron chi connectivity index (χ4n) is 1.81. The van der Waals surface area contributed by atoms with Crippen LogP contribution in [0.1, 0.15) is 20.8 Å². The first kappa shape index (κ1) is 22.2. The normalized spacial score (nSPS) is 17.5. The number of hydrogen-bond acceptors (Lipinski definition) is 5. The van der Waals surface area contributed by atoms with Gasteiger partial charge in [0.05, 0.1) is 26.4 Å². The Morgan fingerprint density at radius 3 is 2.50 bits per heavy atom. The first-order valence-electron chi connectivity index (χ1n) is 8.05. The van der Waals surface area contributed by atoms with Gasteiger partial charge in [0, 0.05) is 16.3 Å². The zero-order valence-electron chi connectivity index (χ0n) is 15.1. The Morgan fingerprint density at radius 1 is 1.46 bits per heavy atom. The molecule has 1 rings (SSSR count). The molecule has 0 fully saturated rings. The van der Waals surface area contributed by atoms with Crippen molar-refractivity contribution in [3.8, 4) is 0 Å². The highest BCUT2D eigenvalue weighted by atomic mass is 79.9. The molecule has 0 saturated carbocycles. The van der Waals surface area contributed by atoms with Gasteiger partial charge in [-0.2, -0.15) is 4.99 Å². The van der Waals surface area contributed by atoms with Crippen LogP contribution in [0, 0.1) is 4.78 Å². The van der Waals surface area contributed by atoms with Crippen LogP contribution >= 0.6 is 15.9 Å². The summed E-state index contributed by atoms with van der Waals surface area (Å²) < 4.78 is 20.4. The Hall–Kier alpha value is -1.84. The standard InChI is InChI=1S/C17H26BrN5O2S/c1-5-15(18)16(21-11(3)12(4)24)23-17(19)22-13-7-9-14(10-8-13)26(20,25)6-2/h5,7-12,20-21,24H,1,6H2,2-4H3,(H3,19,22,23)/b16-15+/t11-,12-,26?/m1/s1. The number of nitrogens with one attached hydrogen (secondary N) is 3. The summed E-state index contributed by atoms with van der Waals surface area (Å²) in [6.45, 7) is 8.89. The summed E-state index contributed by atoms with van der Waals surface area (Å²) in [6.07, 6.45) is 0.989. The minimum Gasteiger partial charge on any atom is -0.391 e. The SMILES string of the molecule is C=C/C(Br)=C(\N=C(/N)Nc1ccc(S(=N)(=O)CC)cc1)N[C@H](C)[C@@H](C)O. The number of guanidine groups is 1. The molecule has 0 radical (unpaired) electrons. The van der Waals surface area contributed by atoms with Gasteiger partial charge in [-0.1, -0.05) is 19.6 Å². The van der Waals surface area contributed by atoms with E-state index in [1.54, 1.807) is 44.2 Å². The van der Waals surface area contributed by atoms with Gasteiger partial charge in [-0.25, -0.2) is 8.99 Å². The quantitative estimate of drug-likeness (QED) is 0.240. The second kappa shape index (κ2) is 9.75. The lowest BCUT2D eigenvalue weighted by molar-refractivity contribution is 0.158. The van der Waals surface area contributed by atoms with Gasteiger partial charge in [0.1, 0.15) is 5.82 Å². The van der Waals surface area contributed by atoms with Crippen LogP contribution in [0.2, 0.25) is 0 Å². The summed E-state index contributed by atoms with van der Waals surface area (Å²) in [5, 5.41) is 15.6. The lowest BCUT2D eigenvalue weighted by Gasteiger charge is -2.19. The summed E-state index contributed by atoms with van der Waals surface area (Å²) in [6, 6.07) is 6.42. The van der Waals surface area contributed by atoms with Gasteiger partial charge in [-0.3, -0.25) is 0 Å². The van der Waals surface area contributed by atoms with Crippen LogP contribution in [0.15, 0.2) is 57.1 Å². The van der Waals surface area contributed by atoms with Crippen molar-refractivity contribution in [1.29, 1.82) is 4.78 Å². The number of anilines is 1. The molecule has 0 saturated heterocycles. The van der Waals surface area contributed by atoms with Crippen LogP contribution in [0.5, 0.6) is 0 Å². The van der Waals surface area contributed by atoms with E-state index in [-0.39, 0.29) is 17.8 Å². The van der Waals surface area contributed by atoms with Crippen LogP contribution in [-0.4, -0.2) is 33.2 Å². The minimum absolute atomic E-state index is 0.124. The lowest BCUT2D eigenvalue weighted by Crippen LogP contribution is -2.36. The van der Waals surface area contributed by atoms with E-state index in [1.807, 2.05) is 6.92 Å². The van der Waals surface area contributed by atoms with Crippen molar-refractivity contribution < 1.29 is 9.32 Å². The number of halogens is 1. The summed E-state index contributed by atoms with van der Waals surface area (Å²) >= 11 is 3.35. The van der Waals surface area contributed by atoms with E-state index in [0.29, 0.717) is 20.9 Å². The molecule has 0 spiro atoms. The fourth-order valence-corrected chi connectivity index (χ4v) is 2.92. The molecule has 0 aliphatic carbocycles. The van der Waals surface area contributed by atoms with E-state index in [2.05, 4.69) is 38.1 Å². The average molecular weight is 444 g/mol. The highest BCUT2D eigenvalue weighted by molar-refractivity contribution is 9.11. The van der Waals surface area contributed by atoms with Crippen LogP contribution in [0.4, 0.5) is 5.69 Å². The second-order valence-electron chi connectivity index (χ2n) is 5.68. The van der Waals surface area contributed by atoms with E-state index in [0.717, 1.165) is 0 Å². The molecule has 0 aliphatic rings. The minimum atomic E-state index is -2.75. The Morgan fingerprint density at radius 2 is 2.04 bits per heavy atom. The van der Waals surface area contributed by atoms with Gasteiger partial charge in [-0.05, 0) is 54.0 Å². The van der Waals surface area contributed by atoms with E-state index in [4.69, 9.17) is 10.5 Å². The van der Waals surface area contributed by atoms with Gasteiger partial charge in [0.15, 0.2) is 5.96 Å². The number of aliphatic imine (C=N–C) groups is 1. The molecule has 1 aromatic carbocycles. The predicted octanol–water partition coefficient (Wildman–Crippen LogP) is 2.95. The van der Waals surface area contributed by atoms with E-state index in [1.165, 1.54) is 0 Å². The van der Waals surface area contributed by atoms with Gasteiger partial charge >= 0.3 is 0 Å². The topological polar surface area (TPSA) is 124 Å². The van der Waals surface area contributed by atoms with Gasteiger partial charge in [-0.15, -0.1) is 0 Å². The zero-order valence-corrected chi connectivity index (χ0v) is 17.5. The fraction of sp³-hybridized carbons (Fsp3) is 0.353. The highest BCUT2D eigenvalue weighted by Crippen LogP contribution is 2.17. The maximum Gasteiger partial charge on any atom is 0.199 e. The van der Waals surface area contributed by atoms with E-state index < -0.39 is 15.8 Å². The molecule has 3 atom stereocenters. The Balaban J connectivity index is 2.99. The van der Waals surface area contributed by atoms with Crippen molar-refractivity contribution in [2.45, 2.75) is 37.8 Å². The number of allylic oxidation sites excluding steroid dienone is 2. The molecule has 0 aliphatic heterocycles. The van der Waals surface area contributed by atoms with E-state index in [9.17, 15) is 9.32 Å². The van der Waals surface area contributed by atoms with Crippen molar-refractivity contribution in [2.24, 2.45) is 10.7 Å². The molecule has 6 N–H and O–H groups in total. The monoisotopic (exact) mass is 443 g/mol. The molecule has 0 bridgehead atoms. The number of nitrogens with zero attached hydrogens (tertiary/aromatic N) is 1. The molecule has 1 unspecified atom stereocenters. The molecule has 9 heteroatoms. The molecular weight excluding hydrogens is 418 g/mol. The number of aliphatic hydroxyl groups is 1. The molecule has 0 amide bonds. The molecule has 0 heterocycles. The summed E-state index contributed by atoms with van der Waals surface area (Å²) in [7, 11) is -2.75. The van der Waals surface area contributed by atoms with Gasteiger partial charge in [0.2, 0.25) is 0 Å². The summed E-state index contributed by atoms with van der Waals surface area (Å²) in [5.41, 5.74) is 6.61. The lowest BCUT2D eigenvalue weighted by atomic mass is 10.2. The molecule has 0 aromatic heterocycles. The highest BCUT2D eigenvalue weighted by Gasteiger charge is 2.12. The van der Waals surface area contributed by atoms with Crippen molar-refractivity contribution in [2.75, 3.05) is 11.1 Å². The second-order valence-corrected chi connectivity index (χ2v) is 8.94. The summed E-state index contributed by atoms with van der Waals surface area (Å²) in [4.78, 5) is 4.76. The molecule has 26 heavy (non-hydrogen) atoms. The molecule has 1 aromatic rings. The smallest absolute Gasteiger partial charge is 0.199 e. The number of rotatable bonds is 8. The summed E-state index contributed by atoms with van der Waals surface area (Å²) in [5.74, 6) is 0.814. The largest absolute Gasteiger partial charge is 0.391 e. The Labute approximate surface area is 163 Å². The Bertz CT molecular complexity index is 786. The number of aliphatic hydroxyl groups excluding tert-OH is 1. The Kier molecular flexibility index (Phi) is 8.32. The number of hydrogen-bond donors (Lipinski definition) is 5. The zero-order chi connectivity index (χ0) is 19.9. The van der Waals surface area contributed by atoms with Crippen molar-refractivity contribution in [3.05, 3.63) is 47.2 Å². The predicted molar refractivity (Wildman–Crippen MR) is 112 cm³/mol. The first-order chi connectivity index (χ1) is 12.1. The van der Waals surface area contributed by atoms with Crippen molar-refractivity contribution in [1.82, 2.24) is 5.32 Å². The third-order valence-corrected chi connectivity index (χ3v) is 6.19. The maximum absolute atomic E-state index is 12.0. The van der Waals surface area contributed by atoms with Crippen molar-refractivity contribution in [3.63, 3.8) is 0 Å². The number of nitrogens with two attached hydrogens (primary N) is 1. The van der Waals surface area contributed by atoms with E-state index >= 15 is 0 Å². The van der Waals surface area contributed by atoms with Gasteiger partial charge < -0.3 is 21.5 Å². The number of benzene rings is 1. The van der Waals surface area contributed by atoms with Crippen LogP contribution < -0.4 is 16.4 Å². The van der Waals surface area contributed by atoms with Crippen LogP contribution in [0.25, 0.3) is 0 Å². The average Bonchev–Trinajstić information content (AvgIpc) is 2.60. The van der Waals surface area contributed by atoms with Crippen LogP contribution in [-0.2, 0) is 9.73 Å².